The van der Waals surface area contributed by atoms with E-state index in [9.17, 15) is 9.18 Å². The Labute approximate surface area is 170 Å². The first-order chi connectivity index (χ1) is 12.1. The third-order valence-corrected chi connectivity index (χ3v) is 3.55. The summed E-state index contributed by atoms with van der Waals surface area (Å²) in [5.74, 6) is -0.0119. The predicted molar refractivity (Wildman–Crippen MR) is 111 cm³/mol. The van der Waals surface area contributed by atoms with Gasteiger partial charge in [-0.25, -0.2) is 9.18 Å². The number of carbonyl (C=O) groups excluding carboxylic acids is 1. The van der Waals surface area contributed by atoms with Crippen LogP contribution in [0.2, 0.25) is 0 Å². The summed E-state index contributed by atoms with van der Waals surface area (Å²) in [6.07, 6.45) is 0. The van der Waals surface area contributed by atoms with Crippen LogP contribution in [0.3, 0.4) is 0 Å². The molecule has 0 heterocycles. The molecule has 2 aromatic carbocycles. The quantitative estimate of drug-likeness (QED) is 0.293. The molecule has 140 valence electrons. The molecule has 0 saturated carbocycles. The first-order valence-electron chi connectivity index (χ1n) is 8.08. The van der Waals surface area contributed by atoms with E-state index in [4.69, 9.17) is 4.74 Å². The van der Waals surface area contributed by atoms with Crippen molar-refractivity contribution in [1.82, 2.24) is 10.6 Å². The molecule has 0 amide bonds. The van der Waals surface area contributed by atoms with Crippen LogP contribution in [0.25, 0.3) is 0 Å². The maximum Gasteiger partial charge on any atom is 0.338 e. The molecule has 0 aliphatic carbocycles. The van der Waals surface area contributed by atoms with Gasteiger partial charge < -0.3 is 15.4 Å². The summed E-state index contributed by atoms with van der Waals surface area (Å²) < 4.78 is 18.6. The molecule has 0 bridgehead atoms. The zero-order valence-corrected chi connectivity index (χ0v) is 17.1. The Morgan fingerprint density at radius 1 is 1.08 bits per heavy atom. The number of guanidine groups is 1. The maximum absolute atomic E-state index is 13.6. The molecular weight excluding hydrogens is 448 g/mol. The van der Waals surface area contributed by atoms with Gasteiger partial charge in [-0.2, -0.15) is 0 Å². The normalized spacial score (nSPS) is 10.7. The number of aliphatic imine (C=N–C) groups is 1. The van der Waals surface area contributed by atoms with Gasteiger partial charge in [0.1, 0.15) is 5.82 Å². The number of hydrogen-bond acceptors (Lipinski definition) is 3. The summed E-state index contributed by atoms with van der Waals surface area (Å²) in [6.45, 7) is 3.00. The molecule has 26 heavy (non-hydrogen) atoms. The number of benzene rings is 2. The average molecular weight is 471 g/mol. The van der Waals surface area contributed by atoms with E-state index in [0.717, 1.165) is 5.56 Å². The number of ether oxygens (including phenoxy) is 1. The number of hydrogen-bond donors (Lipinski definition) is 2. The van der Waals surface area contributed by atoms with Crippen molar-refractivity contribution >= 4 is 35.9 Å². The van der Waals surface area contributed by atoms with Crippen LogP contribution in [0.5, 0.6) is 0 Å². The minimum atomic E-state index is -0.329. The van der Waals surface area contributed by atoms with Crippen molar-refractivity contribution in [3.63, 3.8) is 0 Å². The molecule has 0 saturated heterocycles. The maximum atomic E-state index is 13.6. The van der Waals surface area contributed by atoms with Crippen molar-refractivity contribution in [2.24, 2.45) is 4.99 Å². The molecule has 2 aromatic rings. The Bertz CT molecular complexity index is 736. The Balaban J connectivity index is 0.00000338. The molecule has 0 spiro atoms. The van der Waals surface area contributed by atoms with Crippen LogP contribution in [-0.4, -0.2) is 25.6 Å². The first-order valence-corrected chi connectivity index (χ1v) is 8.08. The van der Waals surface area contributed by atoms with E-state index < -0.39 is 0 Å². The lowest BCUT2D eigenvalue weighted by Gasteiger charge is -2.12. The number of carbonyl (C=O) groups is 1. The third kappa shape index (κ3) is 6.62. The summed E-state index contributed by atoms with van der Waals surface area (Å²) in [7, 11) is 1.65. The Hall–Kier alpha value is -2.16. The number of rotatable bonds is 6. The average Bonchev–Trinajstić information content (AvgIpc) is 2.64. The SMILES string of the molecule is CCOC(=O)c1ccc(CNC(=NC)NCc2ccccc2F)cc1.I. The van der Waals surface area contributed by atoms with Crippen molar-refractivity contribution in [1.29, 1.82) is 0 Å². The summed E-state index contributed by atoms with van der Waals surface area (Å²) >= 11 is 0. The van der Waals surface area contributed by atoms with E-state index >= 15 is 0 Å². The molecule has 0 aliphatic rings. The second-order valence-electron chi connectivity index (χ2n) is 5.29. The van der Waals surface area contributed by atoms with Gasteiger partial charge in [0.15, 0.2) is 5.96 Å². The lowest BCUT2D eigenvalue weighted by molar-refractivity contribution is 0.0526. The minimum absolute atomic E-state index is 0. The van der Waals surface area contributed by atoms with E-state index in [0.29, 0.717) is 36.8 Å². The van der Waals surface area contributed by atoms with E-state index in [1.165, 1.54) is 6.07 Å². The standard InChI is InChI=1S/C19H22FN3O2.HI/c1-3-25-18(24)15-10-8-14(9-11-15)12-22-19(21-2)23-13-16-6-4-5-7-17(16)20;/h4-11H,3,12-13H2,1-2H3,(H2,21,22,23);1H. The Kier molecular flexibility index (Phi) is 9.64. The summed E-state index contributed by atoms with van der Waals surface area (Å²) in [5.41, 5.74) is 2.08. The van der Waals surface area contributed by atoms with Crippen molar-refractivity contribution in [3.8, 4) is 0 Å². The lowest BCUT2D eigenvalue weighted by atomic mass is 10.1. The fourth-order valence-corrected chi connectivity index (χ4v) is 2.20. The zero-order chi connectivity index (χ0) is 18.1. The van der Waals surface area contributed by atoms with E-state index in [-0.39, 0.29) is 35.8 Å². The van der Waals surface area contributed by atoms with Gasteiger partial charge >= 0.3 is 5.97 Å². The minimum Gasteiger partial charge on any atom is -0.462 e. The van der Waals surface area contributed by atoms with Gasteiger partial charge in [-0.1, -0.05) is 30.3 Å². The van der Waals surface area contributed by atoms with Gasteiger partial charge in [0.05, 0.1) is 12.2 Å². The molecule has 2 N–H and O–H groups in total. The van der Waals surface area contributed by atoms with Gasteiger partial charge in [0.25, 0.3) is 0 Å². The number of nitrogens with zero attached hydrogens (tertiary/aromatic N) is 1. The first kappa shape index (κ1) is 21.9. The molecule has 0 radical (unpaired) electrons. The van der Waals surface area contributed by atoms with Crippen molar-refractivity contribution in [2.45, 2.75) is 20.0 Å². The molecule has 0 aliphatic heterocycles. The van der Waals surface area contributed by atoms with Crippen molar-refractivity contribution < 1.29 is 13.9 Å². The summed E-state index contributed by atoms with van der Waals surface area (Å²) in [5, 5.41) is 6.22. The smallest absolute Gasteiger partial charge is 0.338 e. The van der Waals surface area contributed by atoms with Gasteiger partial charge in [0, 0.05) is 25.7 Å². The highest BCUT2D eigenvalue weighted by Gasteiger charge is 2.06. The second kappa shape index (κ2) is 11.5. The van der Waals surface area contributed by atoms with E-state index in [1.54, 1.807) is 44.3 Å². The zero-order valence-electron chi connectivity index (χ0n) is 14.8. The van der Waals surface area contributed by atoms with Crippen LogP contribution < -0.4 is 10.6 Å². The highest BCUT2D eigenvalue weighted by molar-refractivity contribution is 14.0. The summed E-state index contributed by atoms with van der Waals surface area (Å²) in [6, 6.07) is 13.8. The molecule has 0 unspecified atom stereocenters. The van der Waals surface area contributed by atoms with Crippen LogP contribution in [0, 0.1) is 5.82 Å². The van der Waals surface area contributed by atoms with Gasteiger partial charge in [-0.15, -0.1) is 24.0 Å². The van der Waals surface area contributed by atoms with Gasteiger partial charge in [-0.3, -0.25) is 4.99 Å². The van der Waals surface area contributed by atoms with Gasteiger partial charge in [0.2, 0.25) is 0 Å². The summed E-state index contributed by atoms with van der Waals surface area (Å²) in [4.78, 5) is 15.7. The Morgan fingerprint density at radius 3 is 2.35 bits per heavy atom. The molecule has 5 nitrogen and oxygen atoms in total. The molecule has 0 aromatic heterocycles. The van der Waals surface area contributed by atoms with Crippen LogP contribution in [0.1, 0.15) is 28.4 Å². The molecule has 2 rings (SSSR count). The van der Waals surface area contributed by atoms with Crippen molar-refractivity contribution in [3.05, 3.63) is 71.0 Å². The van der Waals surface area contributed by atoms with Crippen LogP contribution in [-0.2, 0) is 17.8 Å². The predicted octanol–water partition coefficient (Wildman–Crippen LogP) is 3.49. The lowest BCUT2D eigenvalue weighted by Crippen LogP contribution is -2.36. The molecular formula is C19H23FIN3O2. The topological polar surface area (TPSA) is 62.7 Å². The van der Waals surface area contributed by atoms with E-state index in [2.05, 4.69) is 15.6 Å². The number of esters is 1. The third-order valence-electron chi connectivity index (χ3n) is 3.55. The van der Waals surface area contributed by atoms with Gasteiger partial charge in [-0.05, 0) is 30.7 Å². The van der Waals surface area contributed by atoms with Crippen LogP contribution in [0.15, 0.2) is 53.5 Å². The van der Waals surface area contributed by atoms with Crippen molar-refractivity contribution in [2.75, 3.05) is 13.7 Å². The second-order valence-corrected chi connectivity index (χ2v) is 5.29. The monoisotopic (exact) mass is 471 g/mol. The highest BCUT2D eigenvalue weighted by atomic mass is 127. The number of halogens is 2. The van der Waals surface area contributed by atoms with Crippen LogP contribution in [0.4, 0.5) is 4.39 Å². The van der Waals surface area contributed by atoms with E-state index in [1.807, 2.05) is 12.1 Å². The fourth-order valence-electron chi connectivity index (χ4n) is 2.20. The number of nitrogens with one attached hydrogen (secondary N) is 2. The molecule has 0 atom stereocenters. The molecule has 7 heteroatoms. The molecule has 0 fully saturated rings. The fraction of sp³-hybridized carbons (Fsp3) is 0.263. The largest absolute Gasteiger partial charge is 0.462 e. The Morgan fingerprint density at radius 2 is 1.73 bits per heavy atom. The highest BCUT2D eigenvalue weighted by Crippen LogP contribution is 2.07. The van der Waals surface area contributed by atoms with Crippen LogP contribution >= 0.6 is 24.0 Å².